The van der Waals surface area contributed by atoms with Crippen LogP contribution in [0.15, 0.2) is 40.8 Å². The molecule has 1 N–H and O–H groups in total. The van der Waals surface area contributed by atoms with Gasteiger partial charge in [-0.3, -0.25) is 0 Å². The molecule has 0 aliphatic rings. The zero-order valence-electron chi connectivity index (χ0n) is 11.1. The van der Waals surface area contributed by atoms with Crippen LogP contribution in [0.3, 0.4) is 0 Å². The first kappa shape index (κ1) is 12.7. The van der Waals surface area contributed by atoms with Crippen molar-refractivity contribution < 1.29 is 9.15 Å². The third-order valence-corrected chi connectivity index (χ3v) is 2.81. The highest BCUT2D eigenvalue weighted by Crippen LogP contribution is 2.21. The van der Waals surface area contributed by atoms with Crippen LogP contribution in [0.2, 0.25) is 0 Å². The molecule has 96 valence electrons. The maximum Gasteiger partial charge on any atom is 0.126 e. The summed E-state index contributed by atoms with van der Waals surface area (Å²) in [7, 11) is 1.70. The molecule has 0 bridgehead atoms. The Kier molecular flexibility index (Phi) is 4.05. The molecule has 2 rings (SSSR count). The van der Waals surface area contributed by atoms with Crippen LogP contribution in [0.4, 0.5) is 5.69 Å². The van der Waals surface area contributed by atoms with Gasteiger partial charge >= 0.3 is 0 Å². The Balaban J connectivity index is 2.06. The van der Waals surface area contributed by atoms with E-state index in [0.717, 1.165) is 22.8 Å². The molecule has 2 aromatic rings. The van der Waals surface area contributed by atoms with Crippen LogP contribution in [0, 0.1) is 6.92 Å². The van der Waals surface area contributed by atoms with Crippen molar-refractivity contribution in [3.05, 3.63) is 53.5 Å². The highest BCUT2D eigenvalue weighted by molar-refractivity contribution is 5.47. The van der Waals surface area contributed by atoms with Gasteiger partial charge in [-0.1, -0.05) is 12.1 Å². The van der Waals surface area contributed by atoms with E-state index in [0.29, 0.717) is 6.61 Å². The van der Waals surface area contributed by atoms with Crippen molar-refractivity contribution >= 4 is 5.69 Å². The number of methoxy groups -OCH3 is 1. The fourth-order valence-electron chi connectivity index (χ4n) is 1.92. The first-order valence-electron chi connectivity index (χ1n) is 6.10. The third kappa shape index (κ3) is 3.14. The van der Waals surface area contributed by atoms with Gasteiger partial charge < -0.3 is 14.5 Å². The molecule has 1 atom stereocenters. The molecule has 18 heavy (non-hydrogen) atoms. The molecule has 1 aromatic carbocycles. The fourth-order valence-corrected chi connectivity index (χ4v) is 1.92. The number of anilines is 1. The van der Waals surface area contributed by atoms with E-state index in [1.54, 1.807) is 7.11 Å². The molecule has 0 aliphatic heterocycles. The Hall–Kier alpha value is -1.74. The van der Waals surface area contributed by atoms with Crippen LogP contribution < -0.4 is 5.32 Å². The summed E-state index contributed by atoms with van der Waals surface area (Å²) in [6.07, 6.45) is 0. The van der Waals surface area contributed by atoms with Crippen molar-refractivity contribution in [1.29, 1.82) is 0 Å². The summed E-state index contributed by atoms with van der Waals surface area (Å²) in [6.45, 7) is 4.67. The van der Waals surface area contributed by atoms with Gasteiger partial charge in [0.2, 0.25) is 0 Å². The Bertz CT molecular complexity index is 505. The zero-order valence-corrected chi connectivity index (χ0v) is 11.1. The number of ether oxygens (including phenoxy) is 1. The van der Waals surface area contributed by atoms with Crippen LogP contribution in [0.25, 0.3) is 0 Å². The van der Waals surface area contributed by atoms with Crippen molar-refractivity contribution in [2.45, 2.75) is 26.5 Å². The molecule has 1 heterocycles. The van der Waals surface area contributed by atoms with Gasteiger partial charge in [0, 0.05) is 12.8 Å². The number of benzene rings is 1. The average molecular weight is 245 g/mol. The molecule has 0 aliphatic carbocycles. The largest absolute Gasteiger partial charge is 0.464 e. The Morgan fingerprint density at radius 3 is 2.78 bits per heavy atom. The predicted molar refractivity (Wildman–Crippen MR) is 72.6 cm³/mol. The summed E-state index contributed by atoms with van der Waals surface area (Å²) < 4.78 is 10.7. The molecule has 0 saturated heterocycles. The van der Waals surface area contributed by atoms with E-state index in [9.17, 15) is 0 Å². The summed E-state index contributed by atoms with van der Waals surface area (Å²) >= 11 is 0. The van der Waals surface area contributed by atoms with E-state index in [2.05, 4.69) is 24.4 Å². The van der Waals surface area contributed by atoms with Crippen LogP contribution in [-0.2, 0) is 11.3 Å². The van der Waals surface area contributed by atoms with E-state index in [4.69, 9.17) is 9.15 Å². The lowest BCUT2D eigenvalue weighted by Gasteiger charge is -2.13. The van der Waals surface area contributed by atoms with Gasteiger partial charge in [-0.05, 0) is 43.7 Å². The van der Waals surface area contributed by atoms with Gasteiger partial charge in [0.05, 0.1) is 12.6 Å². The highest BCUT2D eigenvalue weighted by Gasteiger charge is 2.09. The van der Waals surface area contributed by atoms with Crippen LogP contribution in [-0.4, -0.2) is 7.11 Å². The number of rotatable bonds is 5. The van der Waals surface area contributed by atoms with E-state index < -0.39 is 0 Å². The topological polar surface area (TPSA) is 34.4 Å². The van der Waals surface area contributed by atoms with Gasteiger partial charge in [0.25, 0.3) is 0 Å². The molecule has 0 spiro atoms. The predicted octanol–water partition coefficient (Wildman–Crippen LogP) is 3.91. The summed E-state index contributed by atoms with van der Waals surface area (Å²) in [6, 6.07) is 12.4. The fraction of sp³-hybridized carbons (Fsp3) is 0.333. The molecule has 1 unspecified atom stereocenters. The zero-order chi connectivity index (χ0) is 13.0. The van der Waals surface area contributed by atoms with Crippen molar-refractivity contribution in [3.63, 3.8) is 0 Å². The first-order valence-corrected chi connectivity index (χ1v) is 6.10. The molecule has 1 aromatic heterocycles. The number of furan rings is 1. The number of hydrogen-bond acceptors (Lipinski definition) is 3. The molecular weight excluding hydrogens is 226 g/mol. The minimum Gasteiger partial charge on any atom is -0.464 e. The second kappa shape index (κ2) is 5.74. The van der Waals surface area contributed by atoms with Crippen molar-refractivity contribution in [2.24, 2.45) is 0 Å². The molecule has 3 nitrogen and oxygen atoms in total. The van der Waals surface area contributed by atoms with Gasteiger partial charge in [0.15, 0.2) is 0 Å². The van der Waals surface area contributed by atoms with Crippen molar-refractivity contribution in [3.8, 4) is 0 Å². The average Bonchev–Trinajstić information content (AvgIpc) is 2.77. The second-order valence-corrected chi connectivity index (χ2v) is 4.45. The van der Waals surface area contributed by atoms with Crippen LogP contribution >= 0.6 is 0 Å². The Morgan fingerprint density at radius 1 is 1.28 bits per heavy atom. The Labute approximate surface area is 108 Å². The number of nitrogens with one attached hydrogen (secondary N) is 1. The molecule has 0 saturated carbocycles. The quantitative estimate of drug-likeness (QED) is 0.867. The van der Waals surface area contributed by atoms with E-state index in [-0.39, 0.29) is 6.04 Å². The standard InChI is InChI=1S/C15H19NO2/c1-11-7-8-15(18-11)12(2)16-14-6-4-5-13(9-14)10-17-3/h4-9,12,16H,10H2,1-3H3. The van der Waals surface area contributed by atoms with Gasteiger partial charge in [-0.2, -0.15) is 0 Å². The van der Waals surface area contributed by atoms with E-state index >= 15 is 0 Å². The van der Waals surface area contributed by atoms with E-state index in [1.807, 2.05) is 31.2 Å². The first-order chi connectivity index (χ1) is 8.69. The van der Waals surface area contributed by atoms with Crippen molar-refractivity contribution in [1.82, 2.24) is 0 Å². The normalized spacial score (nSPS) is 12.4. The lowest BCUT2D eigenvalue weighted by Crippen LogP contribution is -2.05. The molecule has 0 fully saturated rings. The summed E-state index contributed by atoms with van der Waals surface area (Å²) in [4.78, 5) is 0. The number of hydrogen-bond donors (Lipinski definition) is 1. The van der Waals surface area contributed by atoms with Crippen LogP contribution in [0.5, 0.6) is 0 Å². The maximum atomic E-state index is 5.61. The minimum absolute atomic E-state index is 0.150. The maximum absolute atomic E-state index is 5.61. The Morgan fingerprint density at radius 2 is 2.11 bits per heavy atom. The molecule has 0 radical (unpaired) electrons. The number of aryl methyl sites for hydroxylation is 1. The third-order valence-electron chi connectivity index (χ3n) is 2.81. The second-order valence-electron chi connectivity index (χ2n) is 4.45. The van der Waals surface area contributed by atoms with Crippen LogP contribution in [0.1, 0.15) is 30.0 Å². The van der Waals surface area contributed by atoms with Crippen molar-refractivity contribution in [2.75, 3.05) is 12.4 Å². The van der Waals surface area contributed by atoms with E-state index in [1.165, 1.54) is 0 Å². The molecule has 3 heteroatoms. The SMILES string of the molecule is COCc1cccc(NC(C)c2ccc(C)o2)c1. The monoisotopic (exact) mass is 245 g/mol. The summed E-state index contributed by atoms with van der Waals surface area (Å²) in [5, 5.41) is 3.42. The summed E-state index contributed by atoms with van der Waals surface area (Å²) in [5.74, 6) is 1.89. The molecule has 0 amide bonds. The van der Waals surface area contributed by atoms with Gasteiger partial charge in [-0.25, -0.2) is 0 Å². The lowest BCUT2D eigenvalue weighted by molar-refractivity contribution is 0.185. The van der Waals surface area contributed by atoms with Gasteiger partial charge in [0.1, 0.15) is 11.5 Å². The van der Waals surface area contributed by atoms with Gasteiger partial charge in [-0.15, -0.1) is 0 Å². The minimum atomic E-state index is 0.150. The smallest absolute Gasteiger partial charge is 0.126 e. The summed E-state index contributed by atoms with van der Waals surface area (Å²) in [5.41, 5.74) is 2.23. The highest BCUT2D eigenvalue weighted by atomic mass is 16.5. The molecular formula is C15H19NO2. The lowest BCUT2D eigenvalue weighted by atomic mass is 10.2.